The molecule has 0 aromatic rings. The van der Waals surface area contributed by atoms with Crippen molar-refractivity contribution >= 4 is 10.2 Å². The summed E-state index contributed by atoms with van der Waals surface area (Å²) in [6.07, 6.45) is -24.1. The highest BCUT2D eigenvalue weighted by Gasteiger charge is 2.85. The van der Waals surface area contributed by atoms with Gasteiger partial charge in [-0.3, -0.25) is 9.47 Å². The zero-order chi connectivity index (χ0) is 24.4. The minimum absolute atomic E-state index is 0.0836. The Labute approximate surface area is 156 Å². The number of rotatable bonds is 8. The van der Waals surface area contributed by atoms with Crippen LogP contribution in [0.2, 0.25) is 0 Å². The van der Waals surface area contributed by atoms with Crippen molar-refractivity contribution in [3.63, 3.8) is 0 Å². The minimum Gasteiger partial charge on any atom is -0.271 e. The Kier molecular flexibility index (Phi) is 6.06. The number of ether oxygens (including phenoxy) is 2. The summed E-state index contributed by atoms with van der Waals surface area (Å²) >= 11 is 0. The van der Waals surface area contributed by atoms with Crippen LogP contribution >= 0.6 is 0 Å². The fourth-order valence-corrected chi connectivity index (χ4v) is 2.31. The Morgan fingerprint density at radius 3 is 1.63 bits per heavy atom. The summed E-state index contributed by atoms with van der Waals surface area (Å²) < 4.78 is 208. The maximum Gasteiger partial charge on any atom is 0.464 e. The summed E-state index contributed by atoms with van der Waals surface area (Å²) in [5.41, 5.74) is 0. The van der Waals surface area contributed by atoms with Crippen LogP contribution in [-0.4, -0.2) is 49.7 Å². The van der Waals surface area contributed by atoms with Crippen molar-refractivity contribution < 1.29 is 78.9 Å². The number of hydrogen-bond donors (Lipinski definition) is 0. The molecule has 3 unspecified atom stereocenters. The molecule has 19 heteroatoms. The van der Waals surface area contributed by atoms with E-state index in [-0.39, 0.29) is 6.08 Å². The third kappa shape index (κ3) is 3.71. The Bertz CT molecular complexity index is 792. The van der Waals surface area contributed by atoms with Gasteiger partial charge < -0.3 is 0 Å². The summed E-state index contributed by atoms with van der Waals surface area (Å²) in [7, 11) is -7.92. The van der Waals surface area contributed by atoms with Crippen molar-refractivity contribution in [3.8, 4) is 0 Å². The minimum atomic E-state index is -7.92. The van der Waals surface area contributed by atoms with Crippen molar-refractivity contribution in [2.75, 3.05) is 0 Å². The van der Waals surface area contributed by atoms with Crippen LogP contribution in [0, 0.1) is 5.92 Å². The fraction of sp³-hybridized carbons (Fsp3) is 0.818. The molecule has 30 heavy (non-hydrogen) atoms. The first-order valence-corrected chi connectivity index (χ1v) is 8.14. The average Bonchev–Trinajstić information content (AvgIpc) is 2.49. The molecule has 3 atom stereocenters. The second kappa shape index (κ2) is 6.81. The van der Waals surface area contributed by atoms with Crippen LogP contribution in [0.5, 0.6) is 0 Å². The molecule has 178 valence electrons. The molecule has 4 nitrogen and oxygen atoms in total. The standard InChI is InChI=1S/C11H6F14O4S/c1-2-4-3-5(12,13)6(4,14)28-9(19,20)7(15,8(16,17)18)29-10(21,22)11(23,24)30(25,26)27/h2,4H,1,3H2. The van der Waals surface area contributed by atoms with E-state index in [2.05, 4.69) is 11.3 Å². The Hall–Kier alpha value is -1.37. The highest BCUT2D eigenvalue weighted by molar-refractivity contribution is 7.87. The average molecular weight is 500 g/mol. The van der Waals surface area contributed by atoms with Gasteiger partial charge in [-0.1, -0.05) is 9.96 Å². The van der Waals surface area contributed by atoms with E-state index in [1.807, 2.05) is 0 Å². The van der Waals surface area contributed by atoms with Gasteiger partial charge in [0.05, 0.1) is 0 Å². The zero-order valence-corrected chi connectivity index (χ0v) is 14.2. The van der Waals surface area contributed by atoms with E-state index >= 15 is 0 Å². The summed E-state index contributed by atoms with van der Waals surface area (Å²) in [6, 6.07) is 0. The van der Waals surface area contributed by atoms with E-state index in [0.29, 0.717) is 0 Å². The van der Waals surface area contributed by atoms with Gasteiger partial charge in [-0.25, -0.2) is 13.2 Å². The van der Waals surface area contributed by atoms with Crippen LogP contribution in [0.1, 0.15) is 6.42 Å². The third-order valence-corrected chi connectivity index (χ3v) is 4.52. The van der Waals surface area contributed by atoms with Gasteiger partial charge in [-0.2, -0.15) is 52.3 Å². The van der Waals surface area contributed by atoms with Crippen molar-refractivity contribution in [1.29, 1.82) is 0 Å². The highest BCUT2D eigenvalue weighted by atomic mass is 32.3. The maximum absolute atomic E-state index is 14.0. The molecule has 0 aromatic carbocycles. The summed E-state index contributed by atoms with van der Waals surface area (Å²) in [5, 5.41) is -7.39. The lowest BCUT2D eigenvalue weighted by atomic mass is 9.75. The van der Waals surface area contributed by atoms with Crippen LogP contribution in [0.25, 0.3) is 0 Å². The van der Waals surface area contributed by atoms with Crippen LogP contribution < -0.4 is 0 Å². The molecule has 0 spiro atoms. The maximum atomic E-state index is 14.0. The van der Waals surface area contributed by atoms with Crippen LogP contribution in [0.4, 0.5) is 61.0 Å². The number of hydrogen-bond acceptors (Lipinski definition) is 4. The molecule has 0 bridgehead atoms. The Balaban J connectivity index is 3.53. The molecule has 0 radical (unpaired) electrons. The first-order chi connectivity index (χ1) is 12.8. The van der Waals surface area contributed by atoms with Crippen LogP contribution in [0.15, 0.2) is 12.7 Å². The van der Waals surface area contributed by atoms with Gasteiger partial charge in [0.1, 0.15) is 0 Å². The predicted octanol–water partition coefficient (Wildman–Crippen LogP) is 4.83. The molecule has 0 amide bonds. The first-order valence-electron chi connectivity index (χ1n) is 6.76. The molecule has 0 heterocycles. The van der Waals surface area contributed by atoms with Gasteiger partial charge in [0.2, 0.25) is 0 Å². The smallest absolute Gasteiger partial charge is 0.271 e. The SMILES string of the molecule is C=CC1CC(F)(F)C1(F)OC(F)(F)C(F)(OC(F)(F)C(F)(F)S(=O)(=O)F)C(F)(F)F. The summed E-state index contributed by atoms with van der Waals surface area (Å²) in [6.45, 7) is 2.63. The molecule has 0 aromatic heterocycles. The molecule has 1 fully saturated rings. The molecule has 1 saturated carbocycles. The van der Waals surface area contributed by atoms with Crippen molar-refractivity contribution in [1.82, 2.24) is 0 Å². The van der Waals surface area contributed by atoms with E-state index in [1.54, 1.807) is 4.74 Å². The van der Waals surface area contributed by atoms with E-state index in [0.717, 1.165) is 0 Å². The molecule has 1 aliphatic rings. The molecule has 1 aliphatic carbocycles. The molecule has 1 rings (SSSR count). The summed E-state index contributed by atoms with van der Waals surface area (Å²) in [4.78, 5) is 0. The molecule has 0 aliphatic heterocycles. The largest absolute Gasteiger partial charge is 0.464 e. The topological polar surface area (TPSA) is 52.6 Å². The van der Waals surface area contributed by atoms with Crippen molar-refractivity contribution in [2.24, 2.45) is 5.92 Å². The van der Waals surface area contributed by atoms with Crippen LogP contribution in [0.3, 0.4) is 0 Å². The molecule has 0 N–H and O–H groups in total. The molecular formula is C11H6F14O4S. The monoisotopic (exact) mass is 500 g/mol. The second-order valence-corrected chi connectivity index (χ2v) is 7.07. The van der Waals surface area contributed by atoms with Gasteiger partial charge in [-0.05, 0) is 0 Å². The second-order valence-electron chi connectivity index (χ2n) is 5.68. The van der Waals surface area contributed by atoms with E-state index in [1.165, 1.54) is 0 Å². The normalized spacial score (nSPS) is 27.9. The number of halogens is 14. The van der Waals surface area contributed by atoms with Crippen LogP contribution in [-0.2, 0) is 19.7 Å². The quantitative estimate of drug-likeness (QED) is 0.272. The van der Waals surface area contributed by atoms with E-state index in [4.69, 9.17) is 0 Å². The lowest BCUT2D eigenvalue weighted by Crippen LogP contribution is -2.70. The first kappa shape index (κ1) is 26.7. The van der Waals surface area contributed by atoms with Gasteiger partial charge in [0.25, 0.3) is 5.85 Å². The van der Waals surface area contributed by atoms with Crippen molar-refractivity contribution in [2.45, 2.75) is 47.7 Å². The fourth-order valence-electron chi connectivity index (χ4n) is 1.98. The lowest BCUT2D eigenvalue weighted by molar-refractivity contribution is -0.545. The highest BCUT2D eigenvalue weighted by Crippen LogP contribution is 2.61. The van der Waals surface area contributed by atoms with E-state index in [9.17, 15) is 69.4 Å². The summed E-state index contributed by atoms with van der Waals surface area (Å²) in [5.74, 6) is -20.4. The molecule has 0 saturated heterocycles. The van der Waals surface area contributed by atoms with Gasteiger partial charge >= 0.3 is 45.6 Å². The zero-order valence-electron chi connectivity index (χ0n) is 13.4. The van der Waals surface area contributed by atoms with Gasteiger partial charge in [0, 0.05) is 12.3 Å². The Morgan fingerprint density at radius 2 is 1.33 bits per heavy atom. The Morgan fingerprint density at radius 1 is 0.900 bits per heavy atom. The third-order valence-electron chi connectivity index (χ3n) is 3.67. The van der Waals surface area contributed by atoms with Gasteiger partial charge in [0.15, 0.2) is 0 Å². The van der Waals surface area contributed by atoms with Gasteiger partial charge in [-0.15, -0.1) is 6.58 Å². The van der Waals surface area contributed by atoms with Crippen molar-refractivity contribution in [3.05, 3.63) is 12.7 Å². The van der Waals surface area contributed by atoms with E-state index < -0.39 is 63.8 Å². The molecular weight excluding hydrogens is 494 g/mol. The number of alkyl halides is 13. The predicted molar refractivity (Wildman–Crippen MR) is 64.0 cm³/mol. The lowest BCUT2D eigenvalue weighted by Gasteiger charge is -2.50.